The summed E-state index contributed by atoms with van der Waals surface area (Å²) in [4.78, 5) is 16.7. The van der Waals surface area contributed by atoms with Crippen LogP contribution in [0.4, 0.5) is 5.69 Å². The molecule has 0 aliphatic heterocycles. The number of nitrogens with zero attached hydrogens (tertiary/aromatic N) is 1. The highest BCUT2D eigenvalue weighted by Crippen LogP contribution is 2.27. The molecule has 1 amide bonds. The molecule has 0 saturated carbocycles. The number of benzene rings is 2. The van der Waals surface area contributed by atoms with Crippen molar-refractivity contribution in [3.8, 4) is 5.75 Å². The first-order valence-corrected chi connectivity index (χ1v) is 7.12. The maximum absolute atomic E-state index is 11.8. The van der Waals surface area contributed by atoms with E-state index in [4.69, 9.17) is 26.9 Å². The van der Waals surface area contributed by atoms with Crippen molar-refractivity contribution in [2.24, 2.45) is 10.9 Å². The third kappa shape index (κ3) is 4.89. The molecule has 0 unspecified atom stereocenters. The van der Waals surface area contributed by atoms with Crippen LogP contribution in [0.3, 0.4) is 0 Å². The molecule has 0 aliphatic carbocycles. The summed E-state index contributed by atoms with van der Waals surface area (Å²) in [6, 6.07) is 14.0. The molecule has 7 heteroatoms. The summed E-state index contributed by atoms with van der Waals surface area (Å²) in [5.41, 5.74) is 7.00. The lowest BCUT2D eigenvalue weighted by Gasteiger charge is -2.07. The first kappa shape index (κ1) is 16.6. The van der Waals surface area contributed by atoms with Gasteiger partial charge in [0.15, 0.2) is 12.4 Å². The van der Waals surface area contributed by atoms with Gasteiger partial charge in [0.05, 0.1) is 12.1 Å². The number of amides is 1. The number of methoxy groups -OCH3 is 1. The minimum absolute atomic E-state index is 0.200. The van der Waals surface area contributed by atoms with E-state index in [1.165, 1.54) is 7.11 Å². The molecule has 0 fully saturated rings. The molecule has 0 bridgehead atoms. The van der Waals surface area contributed by atoms with Crippen molar-refractivity contribution in [3.05, 3.63) is 59.1 Å². The van der Waals surface area contributed by atoms with Crippen LogP contribution in [0.5, 0.6) is 5.75 Å². The molecule has 0 heterocycles. The molecule has 23 heavy (non-hydrogen) atoms. The standard InChI is InChI=1S/C16H16ClN3O3/c1-22-14-8-7-12(9-13(14)17)19-15(21)10-23-20-16(18)11-5-3-2-4-6-11/h2-9H,10H2,1H3,(H2,18,20)(H,19,21). The maximum atomic E-state index is 11.8. The van der Waals surface area contributed by atoms with Gasteiger partial charge >= 0.3 is 0 Å². The van der Waals surface area contributed by atoms with Gasteiger partial charge in [0.25, 0.3) is 5.91 Å². The number of nitrogens with one attached hydrogen (secondary N) is 1. The monoisotopic (exact) mass is 333 g/mol. The number of hydrogen-bond acceptors (Lipinski definition) is 4. The van der Waals surface area contributed by atoms with Crippen molar-refractivity contribution in [1.82, 2.24) is 0 Å². The molecule has 0 aliphatic rings. The third-order valence-electron chi connectivity index (χ3n) is 2.86. The van der Waals surface area contributed by atoms with Crippen LogP contribution in [0, 0.1) is 0 Å². The van der Waals surface area contributed by atoms with Crippen molar-refractivity contribution < 1.29 is 14.4 Å². The number of anilines is 1. The number of carbonyl (C=O) groups is 1. The number of carbonyl (C=O) groups excluding carboxylic acids is 1. The number of oxime groups is 1. The van der Waals surface area contributed by atoms with Gasteiger partial charge in [-0.25, -0.2) is 0 Å². The fourth-order valence-corrected chi connectivity index (χ4v) is 2.02. The molecular formula is C16H16ClN3O3. The molecule has 2 rings (SSSR count). The van der Waals surface area contributed by atoms with Crippen molar-refractivity contribution in [2.75, 3.05) is 19.0 Å². The molecule has 6 nitrogen and oxygen atoms in total. The second-order valence-electron chi connectivity index (χ2n) is 4.51. The quantitative estimate of drug-likeness (QED) is 0.483. The van der Waals surface area contributed by atoms with Gasteiger partial charge in [0.2, 0.25) is 0 Å². The van der Waals surface area contributed by atoms with E-state index in [9.17, 15) is 4.79 Å². The second-order valence-corrected chi connectivity index (χ2v) is 4.92. The second kappa shape index (κ2) is 8.05. The van der Waals surface area contributed by atoms with Crippen molar-refractivity contribution in [1.29, 1.82) is 0 Å². The van der Waals surface area contributed by atoms with Gasteiger partial charge in [0, 0.05) is 11.3 Å². The zero-order chi connectivity index (χ0) is 16.7. The number of halogens is 1. The van der Waals surface area contributed by atoms with E-state index >= 15 is 0 Å². The molecule has 2 aromatic rings. The van der Waals surface area contributed by atoms with E-state index in [1.807, 2.05) is 18.2 Å². The lowest BCUT2D eigenvalue weighted by atomic mass is 10.2. The highest BCUT2D eigenvalue weighted by atomic mass is 35.5. The molecule has 0 spiro atoms. The van der Waals surface area contributed by atoms with E-state index in [0.29, 0.717) is 16.5 Å². The molecule has 2 aromatic carbocycles. The predicted octanol–water partition coefficient (Wildman–Crippen LogP) is 2.62. The Hall–Kier alpha value is -2.73. The topological polar surface area (TPSA) is 85.9 Å². The number of hydrogen-bond donors (Lipinski definition) is 2. The Kier molecular flexibility index (Phi) is 5.82. The van der Waals surface area contributed by atoms with Crippen molar-refractivity contribution in [3.63, 3.8) is 0 Å². The summed E-state index contributed by atoms with van der Waals surface area (Å²) in [5.74, 6) is 0.350. The average molecular weight is 334 g/mol. The third-order valence-corrected chi connectivity index (χ3v) is 3.16. The molecule has 120 valence electrons. The van der Waals surface area contributed by atoms with Crippen LogP contribution in [0.2, 0.25) is 5.02 Å². The summed E-state index contributed by atoms with van der Waals surface area (Å²) in [5, 5.41) is 6.74. The Labute approximate surface area is 138 Å². The van der Waals surface area contributed by atoms with Gasteiger partial charge in [-0.1, -0.05) is 47.1 Å². The van der Waals surface area contributed by atoms with Crippen LogP contribution in [-0.2, 0) is 9.63 Å². The van der Waals surface area contributed by atoms with Gasteiger partial charge in [0.1, 0.15) is 5.75 Å². The number of rotatable bonds is 6. The molecule has 0 saturated heterocycles. The highest BCUT2D eigenvalue weighted by Gasteiger charge is 2.06. The lowest BCUT2D eigenvalue weighted by Crippen LogP contribution is -2.19. The molecular weight excluding hydrogens is 318 g/mol. The minimum Gasteiger partial charge on any atom is -0.495 e. The van der Waals surface area contributed by atoms with Crippen LogP contribution in [0.25, 0.3) is 0 Å². The van der Waals surface area contributed by atoms with Crippen LogP contribution in [0.1, 0.15) is 5.56 Å². The fourth-order valence-electron chi connectivity index (χ4n) is 1.76. The van der Waals surface area contributed by atoms with Crippen molar-refractivity contribution >= 4 is 29.0 Å². The van der Waals surface area contributed by atoms with Crippen LogP contribution in [-0.4, -0.2) is 25.5 Å². The van der Waals surface area contributed by atoms with Gasteiger partial charge in [-0.15, -0.1) is 0 Å². The number of ether oxygens (including phenoxy) is 1. The zero-order valence-electron chi connectivity index (χ0n) is 12.5. The fraction of sp³-hybridized carbons (Fsp3) is 0.125. The van der Waals surface area contributed by atoms with Gasteiger partial charge in [-0.2, -0.15) is 0 Å². The van der Waals surface area contributed by atoms with Gasteiger partial charge < -0.3 is 20.6 Å². The molecule has 0 radical (unpaired) electrons. The Bertz CT molecular complexity index is 705. The maximum Gasteiger partial charge on any atom is 0.265 e. The van der Waals surface area contributed by atoms with Gasteiger partial charge in [-0.3, -0.25) is 4.79 Å². The van der Waals surface area contributed by atoms with Crippen LogP contribution >= 0.6 is 11.6 Å². The van der Waals surface area contributed by atoms with Crippen molar-refractivity contribution in [2.45, 2.75) is 0 Å². The van der Waals surface area contributed by atoms with E-state index in [1.54, 1.807) is 30.3 Å². The smallest absolute Gasteiger partial charge is 0.265 e. The lowest BCUT2D eigenvalue weighted by molar-refractivity contribution is -0.120. The molecule has 0 atom stereocenters. The summed E-state index contributed by atoms with van der Waals surface area (Å²) in [7, 11) is 1.52. The Morgan fingerprint density at radius 2 is 2.00 bits per heavy atom. The summed E-state index contributed by atoms with van der Waals surface area (Å²) in [6.45, 7) is -0.267. The number of nitrogens with two attached hydrogens (primary N) is 1. The van der Waals surface area contributed by atoms with Gasteiger partial charge in [-0.05, 0) is 18.2 Å². The predicted molar refractivity (Wildman–Crippen MR) is 89.8 cm³/mol. The molecule has 0 aromatic heterocycles. The number of amidine groups is 1. The SMILES string of the molecule is COc1ccc(NC(=O)CO/N=C(/N)c2ccccc2)cc1Cl. The summed E-state index contributed by atoms with van der Waals surface area (Å²) in [6.07, 6.45) is 0. The van der Waals surface area contributed by atoms with Crippen LogP contribution < -0.4 is 15.8 Å². The first-order chi connectivity index (χ1) is 11.1. The average Bonchev–Trinajstić information content (AvgIpc) is 2.55. The summed E-state index contributed by atoms with van der Waals surface area (Å²) < 4.78 is 5.04. The van der Waals surface area contributed by atoms with E-state index < -0.39 is 0 Å². The normalized spacial score (nSPS) is 11.0. The van der Waals surface area contributed by atoms with E-state index in [-0.39, 0.29) is 18.3 Å². The largest absolute Gasteiger partial charge is 0.495 e. The van der Waals surface area contributed by atoms with E-state index in [2.05, 4.69) is 10.5 Å². The Morgan fingerprint density at radius 3 is 2.65 bits per heavy atom. The first-order valence-electron chi connectivity index (χ1n) is 6.74. The summed E-state index contributed by atoms with van der Waals surface area (Å²) >= 11 is 5.98. The zero-order valence-corrected chi connectivity index (χ0v) is 13.2. The highest BCUT2D eigenvalue weighted by molar-refractivity contribution is 6.32. The van der Waals surface area contributed by atoms with E-state index in [0.717, 1.165) is 5.56 Å². The molecule has 3 N–H and O–H groups in total. The Balaban J connectivity index is 1.87. The minimum atomic E-state index is -0.379. The Morgan fingerprint density at radius 1 is 1.26 bits per heavy atom. The van der Waals surface area contributed by atoms with Crippen LogP contribution in [0.15, 0.2) is 53.7 Å².